The Kier molecular flexibility index (Phi) is 3.89. The standard InChI is InChI=1S/C9H15FN2O/c1-11-9(13)4-6-12-5-2-3-8(10)7-12/h3H,2,4-7H2,1H3,(H,11,13). The highest BCUT2D eigenvalue weighted by Gasteiger charge is 2.12. The van der Waals surface area contributed by atoms with Crippen LogP contribution in [0.25, 0.3) is 0 Å². The summed E-state index contributed by atoms with van der Waals surface area (Å²) in [6.07, 6.45) is 2.81. The van der Waals surface area contributed by atoms with Crippen molar-refractivity contribution in [2.75, 3.05) is 26.7 Å². The van der Waals surface area contributed by atoms with Crippen molar-refractivity contribution in [2.24, 2.45) is 0 Å². The number of rotatable bonds is 3. The first kappa shape index (κ1) is 10.2. The summed E-state index contributed by atoms with van der Waals surface area (Å²) in [5.41, 5.74) is 0. The molecule has 1 aliphatic heterocycles. The minimum Gasteiger partial charge on any atom is -0.359 e. The molecule has 0 atom stereocenters. The van der Waals surface area contributed by atoms with Crippen LogP contribution in [0.3, 0.4) is 0 Å². The van der Waals surface area contributed by atoms with E-state index in [1.807, 2.05) is 4.90 Å². The van der Waals surface area contributed by atoms with Crippen LogP contribution in [0.2, 0.25) is 0 Å². The van der Waals surface area contributed by atoms with Gasteiger partial charge < -0.3 is 5.32 Å². The number of halogens is 1. The summed E-state index contributed by atoms with van der Waals surface area (Å²) in [6.45, 7) is 1.85. The van der Waals surface area contributed by atoms with Crippen LogP contribution in [-0.2, 0) is 4.79 Å². The number of carbonyl (C=O) groups is 1. The Morgan fingerprint density at radius 2 is 2.54 bits per heavy atom. The fraction of sp³-hybridized carbons (Fsp3) is 0.667. The lowest BCUT2D eigenvalue weighted by atomic mass is 10.2. The topological polar surface area (TPSA) is 32.3 Å². The minimum atomic E-state index is -0.0804. The molecular weight excluding hydrogens is 171 g/mol. The predicted molar refractivity (Wildman–Crippen MR) is 48.9 cm³/mol. The second-order valence-electron chi connectivity index (χ2n) is 3.14. The van der Waals surface area contributed by atoms with E-state index in [0.29, 0.717) is 19.5 Å². The molecule has 0 unspecified atom stereocenters. The summed E-state index contributed by atoms with van der Waals surface area (Å²) in [5.74, 6) is -0.0712. The van der Waals surface area contributed by atoms with Crippen molar-refractivity contribution in [3.8, 4) is 0 Å². The van der Waals surface area contributed by atoms with Crippen molar-refractivity contribution in [1.82, 2.24) is 10.2 Å². The zero-order valence-electron chi connectivity index (χ0n) is 7.85. The van der Waals surface area contributed by atoms with Gasteiger partial charge in [0.1, 0.15) is 5.83 Å². The van der Waals surface area contributed by atoms with Crippen LogP contribution < -0.4 is 5.32 Å². The van der Waals surface area contributed by atoms with Gasteiger partial charge in [0.2, 0.25) is 5.91 Å². The van der Waals surface area contributed by atoms with Gasteiger partial charge >= 0.3 is 0 Å². The molecule has 0 aliphatic carbocycles. The van der Waals surface area contributed by atoms with Crippen LogP contribution in [0.15, 0.2) is 11.9 Å². The molecule has 0 bridgehead atoms. The fourth-order valence-corrected chi connectivity index (χ4v) is 1.34. The van der Waals surface area contributed by atoms with Crippen molar-refractivity contribution in [1.29, 1.82) is 0 Å². The number of nitrogens with zero attached hydrogens (tertiary/aromatic N) is 1. The zero-order chi connectivity index (χ0) is 9.68. The molecule has 1 aliphatic rings. The lowest BCUT2D eigenvalue weighted by molar-refractivity contribution is -0.120. The lowest BCUT2D eigenvalue weighted by Crippen LogP contribution is -2.33. The normalized spacial score (nSPS) is 18.2. The zero-order valence-corrected chi connectivity index (χ0v) is 7.85. The molecule has 74 valence electrons. The molecule has 0 saturated heterocycles. The van der Waals surface area contributed by atoms with E-state index in [1.165, 1.54) is 0 Å². The molecule has 1 amide bonds. The van der Waals surface area contributed by atoms with E-state index >= 15 is 0 Å². The molecular formula is C9H15FN2O. The van der Waals surface area contributed by atoms with E-state index in [2.05, 4.69) is 5.32 Å². The van der Waals surface area contributed by atoms with Gasteiger partial charge in [0.15, 0.2) is 0 Å². The Balaban J connectivity index is 2.23. The third-order valence-electron chi connectivity index (χ3n) is 2.12. The first-order valence-corrected chi connectivity index (χ1v) is 4.50. The average molecular weight is 186 g/mol. The minimum absolute atomic E-state index is 0.00922. The van der Waals surface area contributed by atoms with Gasteiger partial charge in [-0.25, -0.2) is 4.39 Å². The molecule has 0 spiro atoms. The van der Waals surface area contributed by atoms with Crippen LogP contribution in [-0.4, -0.2) is 37.5 Å². The van der Waals surface area contributed by atoms with Gasteiger partial charge in [-0.2, -0.15) is 0 Å². The van der Waals surface area contributed by atoms with Gasteiger partial charge in [0.05, 0.1) is 0 Å². The van der Waals surface area contributed by atoms with E-state index < -0.39 is 0 Å². The van der Waals surface area contributed by atoms with Crippen molar-refractivity contribution in [3.05, 3.63) is 11.9 Å². The maximum absolute atomic E-state index is 12.8. The summed E-state index contributed by atoms with van der Waals surface area (Å²) >= 11 is 0. The molecule has 0 aromatic rings. The maximum atomic E-state index is 12.8. The predicted octanol–water partition coefficient (Wildman–Crippen LogP) is 0.682. The molecule has 1 rings (SSSR count). The molecule has 4 heteroatoms. The van der Waals surface area contributed by atoms with Crippen molar-refractivity contribution in [2.45, 2.75) is 12.8 Å². The molecule has 0 fully saturated rings. The molecule has 1 N–H and O–H groups in total. The molecule has 0 saturated carbocycles. The molecule has 0 aromatic heterocycles. The fourth-order valence-electron chi connectivity index (χ4n) is 1.34. The van der Waals surface area contributed by atoms with Crippen LogP contribution >= 0.6 is 0 Å². The van der Waals surface area contributed by atoms with E-state index in [0.717, 1.165) is 13.0 Å². The number of carbonyl (C=O) groups excluding carboxylic acids is 1. The SMILES string of the molecule is CNC(=O)CCN1CCC=C(F)C1. The van der Waals surface area contributed by atoms with Crippen molar-refractivity contribution in [3.63, 3.8) is 0 Å². The second kappa shape index (κ2) is 4.97. The summed E-state index contributed by atoms with van der Waals surface area (Å²) in [6, 6.07) is 0. The Hall–Kier alpha value is -0.900. The van der Waals surface area contributed by atoms with E-state index in [4.69, 9.17) is 0 Å². The lowest BCUT2D eigenvalue weighted by Gasteiger charge is -2.23. The number of amides is 1. The Labute approximate surface area is 77.6 Å². The van der Waals surface area contributed by atoms with Gasteiger partial charge in [-0.15, -0.1) is 0 Å². The van der Waals surface area contributed by atoms with Gasteiger partial charge in [-0.1, -0.05) is 6.08 Å². The van der Waals surface area contributed by atoms with Gasteiger partial charge in [-0.05, 0) is 6.42 Å². The number of hydrogen-bond acceptors (Lipinski definition) is 2. The first-order chi connectivity index (χ1) is 6.22. The summed E-state index contributed by atoms with van der Waals surface area (Å²) in [4.78, 5) is 12.8. The van der Waals surface area contributed by atoms with Crippen LogP contribution in [0.5, 0.6) is 0 Å². The largest absolute Gasteiger partial charge is 0.359 e. The first-order valence-electron chi connectivity index (χ1n) is 4.50. The third kappa shape index (κ3) is 3.55. The summed E-state index contributed by atoms with van der Waals surface area (Å²) < 4.78 is 12.8. The Morgan fingerprint density at radius 1 is 1.77 bits per heavy atom. The van der Waals surface area contributed by atoms with Crippen LogP contribution in [0.4, 0.5) is 4.39 Å². The number of hydrogen-bond donors (Lipinski definition) is 1. The summed E-state index contributed by atoms with van der Waals surface area (Å²) in [5, 5.41) is 2.54. The van der Waals surface area contributed by atoms with E-state index in [-0.39, 0.29) is 11.7 Å². The average Bonchev–Trinajstić information content (AvgIpc) is 2.14. The van der Waals surface area contributed by atoms with Gasteiger partial charge in [0, 0.05) is 33.1 Å². The molecule has 0 radical (unpaired) electrons. The third-order valence-corrected chi connectivity index (χ3v) is 2.12. The highest BCUT2D eigenvalue weighted by atomic mass is 19.1. The van der Waals surface area contributed by atoms with Crippen LogP contribution in [0, 0.1) is 0 Å². The second-order valence-corrected chi connectivity index (χ2v) is 3.14. The van der Waals surface area contributed by atoms with E-state index in [1.54, 1.807) is 13.1 Å². The highest BCUT2D eigenvalue weighted by Crippen LogP contribution is 2.10. The molecule has 3 nitrogen and oxygen atoms in total. The monoisotopic (exact) mass is 186 g/mol. The molecule has 0 aromatic carbocycles. The van der Waals surface area contributed by atoms with Crippen LogP contribution in [0.1, 0.15) is 12.8 Å². The number of nitrogens with one attached hydrogen (secondary N) is 1. The van der Waals surface area contributed by atoms with Gasteiger partial charge in [0.25, 0.3) is 0 Å². The molecule has 13 heavy (non-hydrogen) atoms. The van der Waals surface area contributed by atoms with Gasteiger partial charge in [-0.3, -0.25) is 9.69 Å². The summed E-state index contributed by atoms with van der Waals surface area (Å²) in [7, 11) is 1.61. The smallest absolute Gasteiger partial charge is 0.221 e. The molecule has 1 heterocycles. The Morgan fingerprint density at radius 3 is 3.15 bits per heavy atom. The van der Waals surface area contributed by atoms with Crippen molar-refractivity contribution < 1.29 is 9.18 Å². The van der Waals surface area contributed by atoms with Crippen molar-refractivity contribution >= 4 is 5.91 Å². The maximum Gasteiger partial charge on any atom is 0.221 e. The Bertz CT molecular complexity index is 216. The van der Waals surface area contributed by atoms with E-state index in [9.17, 15) is 9.18 Å². The quantitative estimate of drug-likeness (QED) is 0.703. The highest BCUT2D eigenvalue weighted by molar-refractivity contribution is 5.75.